The van der Waals surface area contributed by atoms with Crippen molar-refractivity contribution in [1.82, 2.24) is 4.47 Å². The van der Waals surface area contributed by atoms with E-state index >= 15 is 0 Å². The Balaban J connectivity index is 3.35. The highest BCUT2D eigenvalue weighted by Crippen LogP contribution is 2.23. The Hall–Kier alpha value is -1.58. The van der Waals surface area contributed by atoms with Gasteiger partial charge in [-0.3, -0.25) is 15.0 Å². The maximum atomic E-state index is 13.0. The van der Waals surface area contributed by atoms with Crippen LogP contribution < -0.4 is 0 Å². The van der Waals surface area contributed by atoms with Gasteiger partial charge in [-0.2, -0.15) is 4.39 Å². The number of nitro benzene ring substituents is 1. The lowest BCUT2D eigenvalue weighted by atomic mass is 10.3. The van der Waals surface area contributed by atoms with Crippen LogP contribution in [0.3, 0.4) is 0 Å². The van der Waals surface area contributed by atoms with Crippen molar-refractivity contribution in [2.45, 2.75) is 4.90 Å². The lowest BCUT2D eigenvalue weighted by Crippen LogP contribution is -2.25. The number of hydrogen-bond donors (Lipinski definition) is 0. The number of rotatable bonds is 4. The van der Waals surface area contributed by atoms with Crippen molar-refractivity contribution in [3.63, 3.8) is 0 Å². The first-order valence-corrected chi connectivity index (χ1v) is 5.71. The first-order valence-electron chi connectivity index (χ1n) is 4.27. The summed E-state index contributed by atoms with van der Waals surface area (Å²) in [6.45, 7) is 0. The van der Waals surface area contributed by atoms with Crippen LogP contribution in [0.5, 0.6) is 0 Å². The summed E-state index contributed by atoms with van der Waals surface area (Å²) in [4.78, 5) is 13.5. The minimum absolute atomic E-state index is 0.421. The molecule has 1 aromatic carbocycles. The standard InChI is InChI=1S/C8H9FN2O5S/c1-10(16-2)17(14,15)6-3-4-7(9)8(5-6)11(12)13/h3-5H,1-2H3. The second-order valence-corrected chi connectivity index (χ2v) is 4.90. The molecule has 0 saturated heterocycles. The lowest BCUT2D eigenvalue weighted by molar-refractivity contribution is -0.387. The topological polar surface area (TPSA) is 89.8 Å². The molecule has 0 atom stereocenters. The molecule has 0 N–H and O–H groups in total. The molecular weight excluding hydrogens is 255 g/mol. The van der Waals surface area contributed by atoms with Crippen molar-refractivity contribution in [3.8, 4) is 0 Å². The summed E-state index contributed by atoms with van der Waals surface area (Å²) in [7, 11) is -1.79. The van der Waals surface area contributed by atoms with E-state index in [-0.39, 0.29) is 0 Å². The van der Waals surface area contributed by atoms with Crippen molar-refractivity contribution in [2.75, 3.05) is 14.2 Å². The average molecular weight is 264 g/mol. The number of halogens is 1. The van der Waals surface area contributed by atoms with Crippen molar-refractivity contribution >= 4 is 15.7 Å². The van der Waals surface area contributed by atoms with E-state index in [9.17, 15) is 22.9 Å². The van der Waals surface area contributed by atoms with Crippen LogP contribution in [0.4, 0.5) is 10.1 Å². The highest BCUT2D eigenvalue weighted by molar-refractivity contribution is 7.89. The average Bonchev–Trinajstić information content (AvgIpc) is 2.27. The fraction of sp³-hybridized carbons (Fsp3) is 0.250. The fourth-order valence-corrected chi connectivity index (χ4v) is 2.03. The van der Waals surface area contributed by atoms with E-state index in [4.69, 9.17) is 0 Å². The molecule has 0 aliphatic carbocycles. The van der Waals surface area contributed by atoms with Crippen LogP contribution >= 0.6 is 0 Å². The molecule has 17 heavy (non-hydrogen) atoms. The monoisotopic (exact) mass is 264 g/mol. The molecule has 94 valence electrons. The van der Waals surface area contributed by atoms with Crippen LogP contribution in [-0.2, 0) is 14.9 Å². The predicted octanol–water partition coefficient (Wildman–Crippen LogP) is 0.916. The molecule has 1 aromatic rings. The smallest absolute Gasteiger partial charge is 0.288 e. The predicted molar refractivity (Wildman–Crippen MR) is 55.0 cm³/mol. The molecule has 0 fully saturated rings. The van der Waals surface area contributed by atoms with Gasteiger partial charge in [0, 0.05) is 13.1 Å². The van der Waals surface area contributed by atoms with Crippen LogP contribution in [0, 0.1) is 15.9 Å². The Kier molecular flexibility index (Phi) is 3.76. The van der Waals surface area contributed by atoms with Crippen molar-refractivity contribution in [1.29, 1.82) is 0 Å². The number of hydroxylamine groups is 1. The highest BCUT2D eigenvalue weighted by atomic mass is 32.2. The molecule has 0 heterocycles. The zero-order valence-electron chi connectivity index (χ0n) is 8.95. The molecule has 0 spiro atoms. The summed E-state index contributed by atoms with van der Waals surface area (Å²) >= 11 is 0. The Labute approximate surface area is 96.6 Å². The van der Waals surface area contributed by atoms with Gasteiger partial charge in [-0.05, 0) is 12.1 Å². The molecule has 0 amide bonds. The molecule has 0 aromatic heterocycles. The van der Waals surface area contributed by atoms with E-state index < -0.39 is 31.3 Å². The van der Waals surface area contributed by atoms with Gasteiger partial charge in [-0.15, -0.1) is 0 Å². The van der Waals surface area contributed by atoms with Gasteiger partial charge >= 0.3 is 5.69 Å². The first kappa shape index (κ1) is 13.5. The highest BCUT2D eigenvalue weighted by Gasteiger charge is 2.25. The van der Waals surface area contributed by atoms with Crippen LogP contribution in [0.25, 0.3) is 0 Å². The summed E-state index contributed by atoms with van der Waals surface area (Å²) < 4.78 is 36.9. The molecule has 0 radical (unpaired) electrons. The van der Waals surface area contributed by atoms with Gasteiger partial charge in [0.2, 0.25) is 5.82 Å². The lowest BCUT2D eigenvalue weighted by Gasteiger charge is -2.13. The normalized spacial score (nSPS) is 11.8. The minimum atomic E-state index is -4.02. The Morgan fingerprint density at radius 2 is 2.06 bits per heavy atom. The summed E-state index contributed by atoms with van der Waals surface area (Å²) in [6, 6.07) is 2.28. The largest absolute Gasteiger partial charge is 0.306 e. The Morgan fingerprint density at radius 1 is 1.47 bits per heavy atom. The van der Waals surface area contributed by atoms with Gasteiger partial charge in [0.15, 0.2) is 0 Å². The SMILES string of the molecule is CON(C)S(=O)(=O)c1ccc(F)c([N+](=O)[O-])c1. The molecule has 9 heteroatoms. The number of benzene rings is 1. The number of nitro groups is 1. The Morgan fingerprint density at radius 3 is 2.53 bits per heavy atom. The van der Waals surface area contributed by atoms with Gasteiger partial charge < -0.3 is 0 Å². The van der Waals surface area contributed by atoms with Gasteiger partial charge in [-0.25, -0.2) is 8.42 Å². The van der Waals surface area contributed by atoms with E-state index in [2.05, 4.69) is 4.84 Å². The molecule has 0 bridgehead atoms. The van der Waals surface area contributed by atoms with Gasteiger partial charge in [-0.1, -0.05) is 4.47 Å². The van der Waals surface area contributed by atoms with E-state index in [1.54, 1.807) is 0 Å². The number of hydrogen-bond acceptors (Lipinski definition) is 5. The van der Waals surface area contributed by atoms with Crippen LogP contribution in [0.2, 0.25) is 0 Å². The molecule has 0 aliphatic heterocycles. The molecule has 7 nitrogen and oxygen atoms in total. The van der Waals surface area contributed by atoms with Gasteiger partial charge in [0.1, 0.15) is 0 Å². The fourth-order valence-electron chi connectivity index (χ4n) is 1.04. The van der Waals surface area contributed by atoms with E-state index in [1.165, 1.54) is 0 Å². The molecule has 1 rings (SSSR count). The molecular formula is C8H9FN2O5S. The van der Waals surface area contributed by atoms with Crippen molar-refractivity contribution in [3.05, 3.63) is 34.1 Å². The first-order chi connectivity index (χ1) is 7.80. The third-order valence-electron chi connectivity index (χ3n) is 2.01. The van der Waals surface area contributed by atoms with E-state index in [0.717, 1.165) is 20.2 Å². The van der Waals surface area contributed by atoms with Crippen LogP contribution in [-0.4, -0.2) is 32.0 Å². The van der Waals surface area contributed by atoms with Gasteiger partial charge in [0.05, 0.1) is 16.9 Å². The maximum absolute atomic E-state index is 13.0. The second kappa shape index (κ2) is 4.73. The van der Waals surface area contributed by atoms with E-state index in [1.807, 2.05) is 0 Å². The van der Waals surface area contributed by atoms with E-state index in [0.29, 0.717) is 16.6 Å². The second-order valence-electron chi connectivity index (χ2n) is 2.97. The number of sulfonamides is 1. The molecule has 0 saturated carbocycles. The summed E-state index contributed by atoms with van der Waals surface area (Å²) in [5.74, 6) is -1.10. The van der Waals surface area contributed by atoms with Crippen molar-refractivity contribution in [2.24, 2.45) is 0 Å². The third kappa shape index (κ3) is 2.57. The molecule has 0 aliphatic rings. The maximum Gasteiger partial charge on any atom is 0.306 e. The number of nitrogens with zero attached hydrogens (tertiary/aromatic N) is 2. The summed E-state index contributed by atoms with van der Waals surface area (Å²) in [6.07, 6.45) is 0. The zero-order chi connectivity index (χ0) is 13.2. The van der Waals surface area contributed by atoms with Crippen molar-refractivity contribution < 1.29 is 22.6 Å². The molecule has 0 unspecified atom stereocenters. The van der Waals surface area contributed by atoms with Gasteiger partial charge in [0.25, 0.3) is 10.0 Å². The third-order valence-corrected chi connectivity index (χ3v) is 3.68. The summed E-state index contributed by atoms with van der Waals surface area (Å²) in [5, 5.41) is 10.5. The van der Waals surface area contributed by atoms with Crippen LogP contribution in [0.1, 0.15) is 0 Å². The quantitative estimate of drug-likeness (QED) is 0.595. The zero-order valence-corrected chi connectivity index (χ0v) is 9.77. The van der Waals surface area contributed by atoms with Crippen LogP contribution in [0.15, 0.2) is 23.1 Å². The Bertz CT molecular complexity index is 545. The summed E-state index contributed by atoms with van der Waals surface area (Å²) in [5.41, 5.74) is -0.907. The minimum Gasteiger partial charge on any atom is -0.288 e.